The van der Waals surface area contributed by atoms with Gasteiger partial charge < -0.3 is 4.42 Å². The largest absolute Gasteiger partial charge is 0.461 e. The summed E-state index contributed by atoms with van der Waals surface area (Å²) in [6.45, 7) is 0. The molecule has 0 unspecified atom stereocenters. The number of hydrogen-bond acceptors (Lipinski definition) is 2. The lowest BCUT2D eigenvalue weighted by molar-refractivity contribution is 0.509. The molecule has 3 rings (SSSR count). The molecule has 0 aliphatic heterocycles. The highest BCUT2D eigenvalue weighted by atomic mass is 19.2. The van der Waals surface area contributed by atoms with Crippen LogP contribution in [0.5, 0.6) is 0 Å². The number of halogens is 3. The van der Waals surface area contributed by atoms with Crippen molar-refractivity contribution < 1.29 is 17.6 Å². The fourth-order valence-corrected chi connectivity index (χ4v) is 1.96. The minimum absolute atomic E-state index is 0.0484. The number of hydrogen-bond donors (Lipinski definition) is 0. The molecule has 0 radical (unpaired) electrons. The Balaban J connectivity index is 2.24. The second-order valence-electron chi connectivity index (χ2n) is 4.25. The van der Waals surface area contributed by atoms with E-state index in [2.05, 4.69) is 0 Å². The van der Waals surface area contributed by atoms with Gasteiger partial charge in [-0.2, -0.15) is 4.39 Å². The Hall–Kier alpha value is -2.56. The smallest absolute Gasteiger partial charge is 0.228 e. The molecule has 5 heteroatoms. The third-order valence-electron chi connectivity index (χ3n) is 2.98. The lowest BCUT2D eigenvalue weighted by Crippen LogP contribution is -2.05. The van der Waals surface area contributed by atoms with Crippen LogP contribution in [-0.4, -0.2) is 0 Å². The van der Waals surface area contributed by atoms with Crippen LogP contribution >= 0.6 is 0 Å². The minimum atomic E-state index is -1.00. The zero-order valence-electron chi connectivity index (χ0n) is 9.99. The molecule has 0 amide bonds. The van der Waals surface area contributed by atoms with E-state index in [1.165, 1.54) is 18.2 Å². The maximum atomic E-state index is 13.2. The summed E-state index contributed by atoms with van der Waals surface area (Å²) in [4.78, 5) is 11.7. The summed E-state index contributed by atoms with van der Waals surface area (Å²) in [5.74, 6) is -2.95. The Morgan fingerprint density at radius 2 is 1.50 bits per heavy atom. The van der Waals surface area contributed by atoms with Crippen molar-refractivity contribution in [1.29, 1.82) is 0 Å². The van der Waals surface area contributed by atoms with E-state index in [1.54, 1.807) is 6.07 Å². The van der Waals surface area contributed by atoms with Crippen LogP contribution in [0.4, 0.5) is 13.2 Å². The Morgan fingerprint density at radius 3 is 2.25 bits per heavy atom. The maximum absolute atomic E-state index is 13.2. The first kappa shape index (κ1) is 12.5. The van der Waals surface area contributed by atoms with Crippen LogP contribution in [0.1, 0.15) is 0 Å². The maximum Gasteiger partial charge on any atom is 0.228 e. The van der Waals surface area contributed by atoms with E-state index < -0.39 is 22.9 Å². The molecule has 0 fully saturated rings. The van der Waals surface area contributed by atoms with Gasteiger partial charge in [0.1, 0.15) is 11.8 Å². The van der Waals surface area contributed by atoms with E-state index in [4.69, 9.17) is 4.42 Å². The zero-order valence-corrected chi connectivity index (χ0v) is 9.99. The van der Waals surface area contributed by atoms with Crippen molar-refractivity contribution in [3.8, 4) is 11.1 Å². The van der Waals surface area contributed by atoms with Crippen LogP contribution in [0.25, 0.3) is 22.1 Å². The second-order valence-corrected chi connectivity index (χ2v) is 4.25. The minimum Gasteiger partial charge on any atom is -0.461 e. The molecule has 0 atom stereocenters. The Labute approximate surface area is 111 Å². The first-order chi connectivity index (χ1) is 9.56. The molecule has 0 spiro atoms. The fourth-order valence-electron chi connectivity index (χ4n) is 1.96. The number of fused-ring (bicyclic) bond motifs is 1. The molecule has 0 aliphatic rings. The highest BCUT2D eigenvalue weighted by Gasteiger charge is 2.09. The molecule has 2 nitrogen and oxygen atoms in total. The predicted octanol–water partition coefficient (Wildman–Crippen LogP) is 3.88. The molecule has 1 aromatic heterocycles. The SMILES string of the molecule is O=c1c(F)coc2ccc(-c3ccc(F)c(F)c3)cc12. The summed E-state index contributed by atoms with van der Waals surface area (Å²) in [5, 5.41) is 0.0484. The first-order valence-electron chi connectivity index (χ1n) is 5.73. The summed E-state index contributed by atoms with van der Waals surface area (Å²) in [5.41, 5.74) is 0.280. The Kier molecular flexibility index (Phi) is 2.82. The van der Waals surface area contributed by atoms with Crippen molar-refractivity contribution in [3.63, 3.8) is 0 Å². The zero-order chi connectivity index (χ0) is 14.3. The molecule has 0 saturated carbocycles. The van der Waals surface area contributed by atoms with E-state index in [9.17, 15) is 18.0 Å². The van der Waals surface area contributed by atoms with Crippen LogP contribution in [-0.2, 0) is 0 Å². The summed E-state index contributed by atoms with van der Waals surface area (Å²) >= 11 is 0. The van der Waals surface area contributed by atoms with Gasteiger partial charge in [-0.15, -0.1) is 0 Å². The van der Waals surface area contributed by atoms with Crippen molar-refractivity contribution in [2.45, 2.75) is 0 Å². The van der Waals surface area contributed by atoms with Crippen molar-refractivity contribution in [2.24, 2.45) is 0 Å². The van der Waals surface area contributed by atoms with Crippen molar-refractivity contribution in [3.05, 3.63) is 70.3 Å². The van der Waals surface area contributed by atoms with Crippen molar-refractivity contribution in [1.82, 2.24) is 0 Å². The normalized spacial score (nSPS) is 10.9. The second kappa shape index (κ2) is 4.52. The highest BCUT2D eigenvalue weighted by Crippen LogP contribution is 2.24. The molecule has 0 bridgehead atoms. The number of rotatable bonds is 1. The number of benzene rings is 2. The van der Waals surface area contributed by atoms with Gasteiger partial charge in [0, 0.05) is 0 Å². The lowest BCUT2D eigenvalue weighted by atomic mass is 10.0. The quantitative estimate of drug-likeness (QED) is 0.675. The molecular weight excluding hydrogens is 269 g/mol. The third-order valence-corrected chi connectivity index (χ3v) is 2.98. The van der Waals surface area contributed by atoms with E-state index >= 15 is 0 Å². The Bertz CT molecular complexity index is 869. The topological polar surface area (TPSA) is 30.2 Å². The van der Waals surface area contributed by atoms with Gasteiger partial charge in [0.05, 0.1) is 5.39 Å². The van der Waals surface area contributed by atoms with Gasteiger partial charge in [0.25, 0.3) is 0 Å². The van der Waals surface area contributed by atoms with E-state index in [1.807, 2.05) is 0 Å². The van der Waals surface area contributed by atoms with Crippen LogP contribution in [0, 0.1) is 17.5 Å². The summed E-state index contributed by atoms with van der Waals surface area (Å²) in [6, 6.07) is 7.82. The average molecular weight is 276 g/mol. The molecule has 0 saturated heterocycles. The monoisotopic (exact) mass is 276 g/mol. The van der Waals surface area contributed by atoms with Crippen molar-refractivity contribution >= 4 is 11.0 Å². The molecule has 20 heavy (non-hydrogen) atoms. The van der Waals surface area contributed by atoms with Gasteiger partial charge in [0.15, 0.2) is 11.6 Å². The third kappa shape index (κ3) is 1.97. The standard InChI is InChI=1S/C15H7F3O2/c16-11-3-1-9(6-12(11)17)8-2-4-14-10(5-8)15(19)13(18)7-20-14/h1-7H. The fraction of sp³-hybridized carbons (Fsp3) is 0. The van der Waals surface area contributed by atoms with E-state index in [-0.39, 0.29) is 11.0 Å². The molecule has 100 valence electrons. The van der Waals surface area contributed by atoms with Crippen LogP contribution < -0.4 is 5.43 Å². The molecule has 0 N–H and O–H groups in total. The molecule has 2 aromatic carbocycles. The lowest BCUT2D eigenvalue weighted by Gasteiger charge is -2.04. The summed E-state index contributed by atoms with van der Waals surface area (Å²) in [6.07, 6.45) is 0.738. The van der Waals surface area contributed by atoms with Gasteiger partial charge >= 0.3 is 0 Å². The predicted molar refractivity (Wildman–Crippen MR) is 67.8 cm³/mol. The average Bonchev–Trinajstić information content (AvgIpc) is 2.46. The molecular formula is C15H7F3O2. The molecule has 1 heterocycles. The van der Waals surface area contributed by atoms with Crippen LogP contribution in [0.2, 0.25) is 0 Å². The molecule has 3 aromatic rings. The van der Waals surface area contributed by atoms with Crippen molar-refractivity contribution in [2.75, 3.05) is 0 Å². The van der Waals surface area contributed by atoms with Crippen LogP contribution in [0.3, 0.4) is 0 Å². The Morgan fingerprint density at radius 1 is 0.800 bits per heavy atom. The van der Waals surface area contributed by atoms with Gasteiger partial charge in [-0.3, -0.25) is 4.79 Å². The van der Waals surface area contributed by atoms with Gasteiger partial charge in [-0.05, 0) is 35.4 Å². The van der Waals surface area contributed by atoms with Crippen LogP contribution in [0.15, 0.2) is 51.9 Å². The van der Waals surface area contributed by atoms with E-state index in [0.717, 1.165) is 18.4 Å². The highest BCUT2D eigenvalue weighted by molar-refractivity contribution is 5.82. The summed E-state index contributed by atoms with van der Waals surface area (Å²) < 4.78 is 44.2. The first-order valence-corrected chi connectivity index (χ1v) is 5.73. The molecule has 0 aliphatic carbocycles. The van der Waals surface area contributed by atoms with Gasteiger partial charge in [-0.1, -0.05) is 12.1 Å². The van der Waals surface area contributed by atoms with Gasteiger partial charge in [-0.25, -0.2) is 8.78 Å². The van der Waals surface area contributed by atoms with Gasteiger partial charge in [0.2, 0.25) is 11.2 Å². The van der Waals surface area contributed by atoms with E-state index in [0.29, 0.717) is 11.1 Å². The summed E-state index contributed by atoms with van der Waals surface area (Å²) in [7, 11) is 0.